The minimum atomic E-state index is -0.256. The van der Waals surface area contributed by atoms with Gasteiger partial charge in [-0.2, -0.15) is 0 Å². The van der Waals surface area contributed by atoms with E-state index >= 15 is 0 Å². The van der Waals surface area contributed by atoms with Crippen molar-refractivity contribution < 1.29 is 4.79 Å². The van der Waals surface area contributed by atoms with Gasteiger partial charge in [0.15, 0.2) is 5.16 Å². The fourth-order valence-electron chi connectivity index (χ4n) is 3.27. The number of carbonyl (C=O) groups excluding carboxylic acids is 1. The van der Waals surface area contributed by atoms with Crippen molar-refractivity contribution in [3.05, 3.63) is 86.8 Å². The summed E-state index contributed by atoms with van der Waals surface area (Å²) >= 11 is 7.42. The molecule has 0 saturated carbocycles. The molecule has 1 aromatic heterocycles. The van der Waals surface area contributed by atoms with Gasteiger partial charge in [-0.3, -0.25) is 9.59 Å². The third-order valence-corrected chi connectivity index (χ3v) is 5.74. The molecule has 1 aliphatic heterocycles. The van der Waals surface area contributed by atoms with Gasteiger partial charge < -0.3 is 9.88 Å². The first-order valence-electron chi connectivity index (χ1n) is 8.94. The molecule has 28 heavy (non-hydrogen) atoms. The summed E-state index contributed by atoms with van der Waals surface area (Å²) in [5, 5.41) is 1.17. The number of thioether (sulfide) groups is 1. The summed E-state index contributed by atoms with van der Waals surface area (Å²) in [5.74, 6) is 0.578. The van der Waals surface area contributed by atoms with E-state index in [1.54, 1.807) is 4.90 Å². The van der Waals surface area contributed by atoms with Crippen LogP contribution in [0.4, 0.5) is 5.69 Å². The van der Waals surface area contributed by atoms with Crippen molar-refractivity contribution in [2.24, 2.45) is 0 Å². The number of hydrogen-bond donors (Lipinski definition) is 1. The SMILES string of the molecule is O=C(Cc1cc(=O)[nH]c(SCc2cccc(Cl)c2)n1)N1CCc2ccccc21. The lowest BCUT2D eigenvalue weighted by atomic mass is 10.2. The lowest BCUT2D eigenvalue weighted by Crippen LogP contribution is -2.31. The number of carbonyl (C=O) groups is 1. The molecule has 3 aromatic rings. The Bertz CT molecular complexity index is 1080. The van der Waals surface area contributed by atoms with E-state index in [9.17, 15) is 9.59 Å². The quantitative estimate of drug-likeness (QED) is 0.511. The van der Waals surface area contributed by atoms with Crippen LogP contribution < -0.4 is 10.5 Å². The Morgan fingerprint density at radius 1 is 1.18 bits per heavy atom. The Hall–Kier alpha value is -2.57. The number of rotatable bonds is 5. The van der Waals surface area contributed by atoms with Crippen LogP contribution in [0.2, 0.25) is 5.02 Å². The van der Waals surface area contributed by atoms with Gasteiger partial charge in [0.25, 0.3) is 5.56 Å². The van der Waals surface area contributed by atoms with Crippen LogP contribution in [0, 0.1) is 0 Å². The largest absolute Gasteiger partial charge is 0.311 e. The van der Waals surface area contributed by atoms with Crippen LogP contribution in [-0.2, 0) is 23.4 Å². The summed E-state index contributed by atoms with van der Waals surface area (Å²) in [4.78, 5) is 33.8. The maximum Gasteiger partial charge on any atom is 0.251 e. The van der Waals surface area contributed by atoms with Crippen LogP contribution in [0.5, 0.6) is 0 Å². The van der Waals surface area contributed by atoms with E-state index in [4.69, 9.17) is 11.6 Å². The van der Waals surface area contributed by atoms with Crippen molar-refractivity contribution in [2.75, 3.05) is 11.4 Å². The number of benzene rings is 2. The number of halogens is 1. The molecule has 0 unspecified atom stereocenters. The van der Waals surface area contributed by atoms with Gasteiger partial charge >= 0.3 is 0 Å². The molecule has 0 atom stereocenters. The summed E-state index contributed by atoms with van der Waals surface area (Å²) in [7, 11) is 0. The smallest absolute Gasteiger partial charge is 0.251 e. The Kier molecular flexibility index (Phi) is 5.50. The molecule has 0 saturated heterocycles. The molecular weight excluding hydrogens is 394 g/mol. The van der Waals surface area contributed by atoms with Gasteiger partial charge in [0, 0.05) is 29.1 Å². The molecule has 1 N–H and O–H groups in total. The first kappa shape index (κ1) is 18.8. The average Bonchev–Trinajstić information content (AvgIpc) is 3.10. The number of anilines is 1. The number of H-pyrrole nitrogens is 1. The van der Waals surface area contributed by atoms with E-state index in [1.165, 1.54) is 23.4 Å². The molecule has 142 valence electrons. The molecule has 2 heterocycles. The summed E-state index contributed by atoms with van der Waals surface area (Å²) in [6.45, 7) is 0.664. The second-order valence-electron chi connectivity index (χ2n) is 6.56. The zero-order valence-electron chi connectivity index (χ0n) is 15.0. The fraction of sp³-hybridized carbons (Fsp3) is 0.190. The highest BCUT2D eigenvalue weighted by Crippen LogP contribution is 2.28. The molecule has 0 radical (unpaired) electrons. The molecule has 0 aliphatic carbocycles. The van der Waals surface area contributed by atoms with Gasteiger partial charge in [0.05, 0.1) is 12.1 Å². The van der Waals surface area contributed by atoms with Crippen LogP contribution in [-0.4, -0.2) is 22.4 Å². The Morgan fingerprint density at radius 3 is 2.89 bits per heavy atom. The maximum atomic E-state index is 12.8. The molecule has 1 aliphatic rings. The number of nitrogens with zero attached hydrogens (tertiary/aromatic N) is 2. The number of hydrogen-bond acceptors (Lipinski definition) is 4. The lowest BCUT2D eigenvalue weighted by molar-refractivity contribution is -0.117. The number of fused-ring (bicyclic) bond motifs is 1. The summed E-state index contributed by atoms with van der Waals surface area (Å²) in [6, 6.07) is 16.9. The van der Waals surface area contributed by atoms with Gasteiger partial charge in [0.1, 0.15) is 0 Å². The minimum Gasteiger partial charge on any atom is -0.311 e. The van der Waals surface area contributed by atoms with Crippen LogP contribution in [0.3, 0.4) is 0 Å². The van der Waals surface area contributed by atoms with Crippen LogP contribution in [0.1, 0.15) is 16.8 Å². The predicted molar refractivity (Wildman–Crippen MR) is 112 cm³/mol. The van der Waals surface area contributed by atoms with Crippen molar-refractivity contribution in [1.29, 1.82) is 0 Å². The molecule has 4 rings (SSSR count). The maximum absolute atomic E-state index is 12.8. The van der Waals surface area contributed by atoms with Gasteiger partial charge in [0.2, 0.25) is 5.91 Å². The van der Waals surface area contributed by atoms with E-state index < -0.39 is 0 Å². The molecular formula is C21H18ClN3O2S. The number of para-hydroxylation sites is 1. The fourth-order valence-corrected chi connectivity index (χ4v) is 4.32. The second kappa shape index (κ2) is 8.20. The highest BCUT2D eigenvalue weighted by atomic mass is 35.5. The minimum absolute atomic E-state index is 0.0474. The third-order valence-electron chi connectivity index (χ3n) is 4.56. The van der Waals surface area contributed by atoms with Crippen molar-refractivity contribution in [3.8, 4) is 0 Å². The Labute approximate surface area is 171 Å². The van der Waals surface area contributed by atoms with Gasteiger partial charge in [-0.25, -0.2) is 4.98 Å². The second-order valence-corrected chi connectivity index (χ2v) is 7.96. The zero-order chi connectivity index (χ0) is 19.5. The Balaban J connectivity index is 1.47. The van der Waals surface area contributed by atoms with E-state index in [0.717, 1.165) is 17.7 Å². The summed E-state index contributed by atoms with van der Waals surface area (Å²) < 4.78 is 0. The van der Waals surface area contributed by atoms with Gasteiger partial charge in [-0.1, -0.05) is 53.7 Å². The Morgan fingerprint density at radius 2 is 2.04 bits per heavy atom. The highest BCUT2D eigenvalue weighted by Gasteiger charge is 2.24. The molecule has 0 bridgehead atoms. The van der Waals surface area contributed by atoms with Crippen LogP contribution >= 0.6 is 23.4 Å². The van der Waals surface area contributed by atoms with Gasteiger partial charge in [-0.15, -0.1) is 0 Å². The first-order valence-corrected chi connectivity index (χ1v) is 10.3. The third kappa shape index (κ3) is 4.29. The summed E-state index contributed by atoms with van der Waals surface area (Å²) in [5.41, 5.74) is 3.38. The topological polar surface area (TPSA) is 66.1 Å². The standard InChI is InChI=1S/C21H18ClN3O2S/c22-16-6-3-4-14(10-16)13-28-21-23-17(11-19(26)24-21)12-20(27)25-9-8-15-5-1-2-7-18(15)25/h1-7,10-11H,8-9,12-13H2,(H,23,24,26). The first-order chi connectivity index (χ1) is 13.6. The van der Waals surface area contributed by atoms with Crippen LogP contribution in [0.25, 0.3) is 0 Å². The van der Waals surface area contributed by atoms with Gasteiger partial charge in [-0.05, 0) is 35.7 Å². The zero-order valence-corrected chi connectivity index (χ0v) is 16.6. The van der Waals surface area contributed by atoms with Crippen molar-refractivity contribution in [2.45, 2.75) is 23.8 Å². The van der Waals surface area contributed by atoms with E-state index in [2.05, 4.69) is 9.97 Å². The lowest BCUT2D eigenvalue weighted by Gasteiger charge is -2.17. The molecule has 1 amide bonds. The number of nitrogens with one attached hydrogen (secondary N) is 1. The highest BCUT2D eigenvalue weighted by molar-refractivity contribution is 7.98. The van der Waals surface area contributed by atoms with Crippen molar-refractivity contribution in [1.82, 2.24) is 9.97 Å². The molecule has 5 nitrogen and oxygen atoms in total. The normalized spacial score (nSPS) is 12.8. The van der Waals surface area contributed by atoms with E-state index in [-0.39, 0.29) is 17.9 Å². The molecule has 2 aromatic carbocycles. The molecule has 0 fully saturated rings. The van der Waals surface area contributed by atoms with E-state index in [1.807, 2.05) is 48.5 Å². The number of aromatic amines is 1. The van der Waals surface area contributed by atoms with Crippen LogP contribution in [0.15, 0.2) is 64.5 Å². The average molecular weight is 412 g/mol. The summed E-state index contributed by atoms with van der Waals surface area (Å²) in [6.07, 6.45) is 0.953. The van der Waals surface area contributed by atoms with Crippen molar-refractivity contribution in [3.63, 3.8) is 0 Å². The number of aromatic nitrogens is 2. The van der Waals surface area contributed by atoms with E-state index in [0.29, 0.717) is 28.2 Å². The monoisotopic (exact) mass is 411 g/mol. The molecule has 7 heteroatoms. The predicted octanol–water partition coefficient (Wildman–Crippen LogP) is 3.85. The molecule has 0 spiro atoms. The number of amides is 1. The van der Waals surface area contributed by atoms with Crippen molar-refractivity contribution >= 4 is 35.0 Å².